The summed E-state index contributed by atoms with van der Waals surface area (Å²) in [6.07, 6.45) is 0. The highest BCUT2D eigenvalue weighted by molar-refractivity contribution is 5.91. The third-order valence-corrected chi connectivity index (χ3v) is 5.87. The molecule has 4 aromatic rings. The quantitative estimate of drug-likeness (QED) is 0.460. The number of fused-ring (bicyclic) bond motifs is 1. The van der Waals surface area contributed by atoms with Crippen LogP contribution in [0.25, 0.3) is 16.6 Å². The van der Waals surface area contributed by atoms with Crippen molar-refractivity contribution in [2.24, 2.45) is 0 Å². The number of para-hydroxylation sites is 2. The van der Waals surface area contributed by atoms with Crippen molar-refractivity contribution in [1.29, 1.82) is 0 Å². The minimum Gasteiger partial charge on any atom is -0.318 e. The fourth-order valence-corrected chi connectivity index (χ4v) is 3.83. The highest BCUT2D eigenvalue weighted by atomic mass is 19.1. The van der Waals surface area contributed by atoms with Crippen LogP contribution in [0.1, 0.15) is 29.9 Å². The number of nitrogens with one attached hydrogen (secondary N) is 1. The van der Waals surface area contributed by atoms with Gasteiger partial charge >= 0.3 is 6.03 Å². The van der Waals surface area contributed by atoms with E-state index in [-0.39, 0.29) is 11.6 Å². The van der Waals surface area contributed by atoms with Gasteiger partial charge in [0.2, 0.25) is 0 Å². The van der Waals surface area contributed by atoms with Crippen LogP contribution >= 0.6 is 0 Å². The predicted octanol–water partition coefficient (Wildman–Crippen LogP) is 5.37. The van der Waals surface area contributed by atoms with Gasteiger partial charge in [-0.15, -0.1) is 0 Å². The highest BCUT2D eigenvalue weighted by Gasteiger charge is 2.25. The number of carbonyl (C=O) groups excluding carboxylic acids is 1. The molecule has 0 radical (unpaired) electrons. The molecule has 0 spiro atoms. The van der Waals surface area contributed by atoms with Crippen LogP contribution in [0.5, 0.6) is 0 Å². The molecule has 0 saturated carbocycles. The zero-order valence-corrected chi connectivity index (χ0v) is 19.0. The Balaban J connectivity index is 1.79. The standard InChI is InChI=1S/C26H25FN4O2/c1-16-8-7-9-17(2)23(16)29-26(33)30(4)18(3)24-28-22-11-6-5-10-21(22)25(32)31(24)20-14-12-19(27)13-15-20/h5-15,18H,1-4H3,(H,29,33). The maximum Gasteiger partial charge on any atom is 0.322 e. The first-order chi connectivity index (χ1) is 15.8. The molecule has 0 aliphatic heterocycles. The van der Waals surface area contributed by atoms with E-state index < -0.39 is 11.9 Å². The summed E-state index contributed by atoms with van der Waals surface area (Å²) in [5.41, 5.74) is 3.39. The average molecular weight is 445 g/mol. The maximum atomic E-state index is 13.6. The van der Waals surface area contributed by atoms with Gasteiger partial charge in [0.05, 0.1) is 22.6 Å². The molecule has 0 aliphatic rings. The van der Waals surface area contributed by atoms with E-state index >= 15 is 0 Å². The van der Waals surface area contributed by atoms with E-state index in [2.05, 4.69) is 5.32 Å². The first kappa shape index (κ1) is 22.2. The first-order valence-corrected chi connectivity index (χ1v) is 10.7. The van der Waals surface area contributed by atoms with Crippen LogP contribution in [0.2, 0.25) is 0 Å². The van der Waals surface area contributed by atoms with Gasteiger partial charge in [-0.3, -0.25) is 9.36 Å². The Kier molecular flexibility index (Phi) is 5.96. The van der Waals surface area contributed by atoms with Crippen LogP contribution < -0.4 is 10.9 Å². The summed E-state index contributed by atoms with van der Waals surface area (Å²) < 4.78 is 15.0. The van der Waals surface area contributed by atoms with Crippen LogP contribution in [-0.4, -0.2) is 27.5 Å². The van der Waals surface area contributed by atoms with Gasteiger partial charge in [-0.2, -0.15) is 0 Å². The number of rotatable bonds is 4. The van der Waals surface area contributed by atoms with E-state index in [1.165, 1.54) is 33.7 Å². The average Bonchev–Trinajstić information content (AvgIpc) is 2.81. The zero-order chi connectivity index (χ0) is 23.7. The minimum absolute atomic E-state index is 0.280. The van der Waals surface area contributed by atoms with E-state index in [1.54, 1.807) is 32.2 Å². The summed E-state index contributed by atoms with van der Waals surface area (Å²) in [6.45, 7) is 5.67. The van der Waals surface area contributed by atoms with Gasteiger partial charge in [0.15, 0.2) is 0 Å². The molecule has 168 valence electrons. The van der Waals surface area contributed by atoms with Crippen molar-refractivity contribution in [3.8, 4) is 5.69 Å². The topological polar surface area (TPSA) is 67.2 Å². The Hall–Kier alpha value is -4.00. The highest BCUT2D eigenvalue weighted by Crippen LogP contribution is 2.24. The van der Waals surface area contributed by atoms with Crippen LogP contribution in [-0.2, 0) is 0 Å². The van der Waals surface area contributed by atoms with Gasteiger partial charge in [-0.25, -0.2) is 14.2 Å². The molecular weight excluding hydrogens is 419 g/mol. The lowest BCUT2D eigenvalue weighted by Crippen LogP contribution is -2.37. The summed E-state index contributed by atoms with van der Waals surface area (Å²) in [4.78, 5) is 32.8. The number of anilines is 1. The van der Waals surface area contributed by atoms with E-state index in [4.69, 9.17) is 4.98 Å². The number of halogens is 1. The second kappa shape index (κ2) is 8.86. The third-order valence-electron chi connectivity index (χ3n) is 5.87. The molecule has 0 saturated heterocycles. The normalized spacial score (nSPS) is 11.9. The molecule has 0 aliphatic carbocycles. The largest absolute Gasteiger partial charge is 0.322 e. The predicted molar refractivity (Wildman–Crippen MR) is 128 cm³/mol. The van der Waals surface area contributed by atoms with Gasteiger partial charge in [0.25, 0.3) is 5.56 Å². The number of nitrogens with zero attached hydrogens (tertiary/aromatic N) is 3. The fraction of sp³-hybridized carbons (Fsp3) is 0.192. The molecule has 6 nitrogen and oxygen atoms in total. The van der Waals surface area contributed by atoms with Crippen molar-refractivity contribution in [2.75, 3.05) is 12.4 Å². The maximum absolute atomic E-state index is 13.6. The number of hydrogen-bond acceptors (Lipinski definition) is 3. The number of benzene rings is 3. The Morgan fingerprint density at radius 1 is 1.00 bits per heavy atom. The first-order valence-electron chi connectivity index (χ1n) is 10.7. The van der Waals surface area contributed by atoms with Gasteiger partial charge < -0.3 is 10.2 Å². The van der Waals surface area contributed by atoms with Gasteiger partial charge in [0, 0.05) is 12.7 Å². The van der Waals surface area contributed by atoms with Crippen molar-refractivity contribution in [3.05, 3.63) is 99.9 Å². The van der Waals surface area contributed by atoms with Crippen LogP contribution in [0, 0.1) is 19.7 Å². The second-order valence-corrected chi connectivity index (χ2v) is 8.09. The summed E-state index contributed by atoms with van der Waals surface area (Å²) in [5, 5.41) is 3.41. The molecule has 0 fully saturated rings. The zero-order valence-electron chi connectivity index (χ0n) is 19.0. The molecule has 2 amide bonds. The molecule has 1 N–H and O–H groups in total. The lowest BCUT2D eigenvalue weighted by molar-refractivity contribution is 0.205. The number of aryl methyl sites for hydroxylation is 2. The Labute approximate surface area is 191 Å². The molecular formula is C26H25FN4O2. The Morgan fingerprint density at radius 2 is 1.64 bits per heavy atom. The summed E-state index contributed by atoms with van der Waals surface area (Å²) >= 11 is 0. The summed E-state index contributed by atoms with van der Waals surface area (Å²) in [7, 11) is 1.66. The molecule has 3 aromatic carbocycles. The van der Waals surface area contributed by atoms with E-state index in [0.29, 0.717) is 22.4 Å². The lowest BCUT2D eigenvalue weighted by Gasteiger charge is -2.27. The van der Waals surface area contributed by atoms with E-state index in [0.717, 1.165) is 16.8 Å². The molecule has 1 aromatic heterocycles. The number of aromatic nitrogens is 2. The van der Waals surface area contributed by atoms with E-state index in [1.807, 2.05) is 38.1 Å². The van der Waals surface area contributed by atoms with Gasteiger partial charge in [-0.1, -0.05) is 30.3 Å². The number of amides is 2. The summed E-state index contributed by atoms with van der Waals surface area (Å²) in [6, 6.07) is 17.6. The molecule has 33 heavy (non-hydrogen) atoms. The van der Waals surface area contributed by atoms with Crippen molar-refractivity contribution >= 4 is 22.6 Å². The molecule has 1 atom stereocenters. The van der Waals surface area contributed by atoms with Gasteiger partial charge in [0.1, 0.15) is 11.6 Å². The summed E-state index contributed by atoms with van der Waals surface area (Å²) in [5.74, 6) is -0.0234. The minimum atomic E-state index is -0.559. The van der Waals surface area contributed by atoms with Crippen LogP contribution in [0.4, 0.5) is 14.9 Å². The van der Waals surface area contributed by atoms with Crippen molar-refractivity contribution in [1.82, 2.24) is 14.5 Å². The number of urea groups is 1. The fourth-order valence-electron chi connectivity index (χ4n) is 3.83. The van der Waals surface area contributed by atoms with Crippen LogP contribution in [0.3, 0.4) is 0 Å². The molecule has 1 heterocycles. The second-order valence-electron chi connectivity index (χ2n) is 8.09. The van der Waals surface area contributed by atoms with Crippen LogP contribution in [0.15, 0.2) is 71.5 Å². The monoisotopic (exact) mass is 444 g/mol. The SMILES string of the molecule is Cc1cccc(C)c1NC(=O)N(C)C(C)c1nc2ccccc2c(=O)n1-c1ccc(F)cc1. The Bertz CT molecular complexity index is 1380. The van der Waals surface area contributed by atoms with Crippen molar-refractivity contribution < 1.29 is 9.18 Å². The Morgan fingerprint density at radius 3 is 2.30 bits per heavy atom. The molecule has 0 bridgehead atoms. The van der Waals surface area contributed by atoms with E-state index in [9.17, 15) is 14.0 Å². The number of hydrogen-bond donors (Lipinski definition) is 1. The molecule has 4 rings (SSSR count). The smallest absolute Gasteiger partial charge is 0.318 e. The number of carbonyl (C=O) groups is 1. The molecule has 7 heteroatoms. The third kappa shape index (κ3) is 4.22. The van der Waals surface area contributed by atoms with Crippen molar-refractivity contribution in [2.45, 2.75) is 26.8 Å². The lowest BCUT2D eigenvalue weighted by atomic mass is 10.1. The van der Waals surface area contributed by atoms with Crippen molar-refractivity contribution in [3.63, 3.8) is 0 Å². The van der Waals surface area contributed by atoms with Gasteiger partial charge in [-0.05, 0) is 68.3 Å². The molecule has 1 unspecified atom stereocenters.